The highest BCUT2D eigenvalue weighted by atomic mass is 32.1. The molecule has 1 aromatic heterocycles. The van der Waals surface area contributed by atoms with E-state index in [0.717, 1.165) is 15.2 Å². The molecule has 0 saturated heterocycles. The molecule has 4 nitrogen and oxygen atoms in total. The van der Waals surface area contributed by atoms with E-state index in [9.17, 15) is 4.79 Å². The van der Waals surface area contributed by atoms with E-state index in [0.29, 0.717) is 0 Å². The molecule has 0 saturated carbocycles. The van der Waals surface area contributed by atoms with Gasteiger partial charge in [0.05, 0.1) is 23.7 Å². The minimum atomic E-state index is -0.0958. The Morgan fingerprint density at radius 3 is 2.94 bits per heavy atom. The molecule has 1 amide bonds. The lowest BCUT2D eigenvalue weighted by Gasteiger charge is -2.11. The van der Waals surface area contributed by atoms with E-state index in [1.54, 1.807) is 7.05 Å². The fraction of sp³-hybridized carbons (Fsp3) is 0.273. The van der Waals surface area contributed by atoms with E-state index in [2.05, 4.69) is 4.98 Å². The summed E-state index contributed by atoms with van der Waals surface area (Å²) in [5.74, 6) is -0.0958. The lowest BCUT2D eigenvalue weighted by Crippen LogP contribution is -2.26. The normalized spacial score (nSPS) is 10.6. The van der Waals surface area contributed by atoms with Crippen molar-refractivity contribution in [2.75, 3.05) is 14.2 Å². The third-order valence-corrected chi connectivity index (χ3v) is 3.30. The van der Waals surface area contributed by atoms with Crippen LogP contribution in [0.1, 0.15) is 5.01 Å². The first-order valence-electron chi connectivity index (χ1n) is 4.86. The van der Waals surface area contributed by atoms with Crippen LogP contribution in [0.3, 0.4) is 0 Å². The first kappa shape index (κ1) is 11.0. The predicted octanol–water partition coefficient (Wildman–Crippen LogP) is 1.86. The molecule has 5 heteroatoms. The second-order valence-corrected chi connectivity index (χ2v) is 4.44. The summed E-state index contributed by atoms with van der Waals surface area (Å²) < 4.78 is 1.10. The number of amides is 1. The monoisotopic (exact) mass is 236 g/mol. The number of thiazole rings is 1. The van der Waals surface area contributed by atoms with Gasteiger partial charge in [0.25, 0.3) is 5.91 Å². The number of carbonyl (C=O) groups is 1. The van der Waals surface area contributed by atoms with Crippen molar-refractivity contribution in [2.45, 2.75) is 6.42 Å². The number of likely N-dealkylation sites (N-methyl/N-ethyl adjacent to an activating group) is 1. The second-order valence-electron chi connectivity index (χ2n) is 3.33. The Labute approximate surface area is 97.4 Å². The molecular formula is C11H12N2O2S. The summed E-state index contributed by atoms with van der Waals surface area (Å²) in [4.78, 5) is 20.8. The van der Waals surface area contributed by atoms with Crippen LogP contribution in [0, 0.1) is 0 Å². The minimum Gasteiger partial charge on any atom is -0.275 e. The molecule has 0 radical (unpaired) electrons. The second kappa shape index (κ2) is 4.59. The standard InChI is InChI=1S/C11H12N2O2S/c1-13(15-2)11(14)7-10-12-8-5-3-4-6-9(8)16-10/h3-6H,7H2,1-2H3. The van der Waals surface area contributed by atoms with Crippen LogP contribution in [-0.4, -0.2) is 30.1 Å². The first-order chi connectivity index (χ1) is 7.70. The van der Waals surface area contributed by atoms with Gasteiger partial charge in [-0.25, -0.2) is 10.0 Å². The van der Waals surface area contributed by atoms with E-state index in [1.165, 1.54) is 23.5 Å². The Kier molecular flexibility index (Phi) is 3.17. The van der Waals surface area contributed by atoms with Crippen LogP contribution in [0.15, 0.2) is 24.3 Å². The summed E-state index contributed by atoms with van der Waals surface area (Å²) >= 11 is 1.54. The number of para-hydroxylation sites is 1. The van der Waals surface area contributed by atoms with Gasteiger partial charge in [0.1, 0.15) is 5.01 Å². The Balaban J connectivity index is 2.18. The van der Waals surface area contributed by atoms with Crippen molar-refractivity contribution < 1.29 is 9.63 Å². The van der Waals surface area contributed by atoms with Crippen molar-refractivity contribution in [2.24, 2.45) is 0 Å². The van der Waals surface area contributed by atoms with Crippen molar-refractivity contribution in [3.63, 3.8) is 0 Å². The van der Waals surface area contributed by atoms with Crippen LogP contribution in [0.4, 0.5) is 0 Å². The lowest BCUT2D eigenvalue weighted by molar-refractivity contribution is -0.167. The van der Waals surface area contributed by atoms with Crippen LogP contribution in [-0.2, 0) is 16.1 Å². The smallest absolute Gasteiger partial charge is 0.252 e. The quantitative estimate of drug-likeness (QED) is 0.764. The van der Waals surface area contributed by atoms with Gasteiger partial charge in [-0.2, -0.15) is 0 Å². The van der Waals surface area contributed by atoms with Crippen molar-refractivity contribution in [1.82, 2.24) is 10.0 Å². The summed E-state index contributed by atoms with van der Waals surface area (Å²) in [5, 5.41) is 2.03. The molecule has 0 spiro atoms. The molecule has 0 aliphatic heterocycles. The van der Waals surface area contributed by atoms with Gasteiger partial charge < -0.3 is 0 Å². The molecule has 2 aromatic rings. The van der Waals surface area contributed by atoms with Crippen molar-refractivity contribution >= 4 is 27.5 Å². The molecule has 1 heterocycles. The largest absolute Gasteiger partial charge is 0.275 e. The van der Waals surface area contributed by atoms with Gasteiger partial charge in [0.15, 0.2) is 0 Å². The van der Waals surface area contributed by atoms with Crippen LogP contribution >= 0.6 is 11.3 Å². The molecule has 0 bridgehead atoms. The number of fused-ring (bicyclic) bond motifs is 1. The van der Waals surface area contributed by atoms with Crippen LogP contribution < -0.4 is 0 Å². The first-order valence-corrected chi connectivity index (χ1v) is 5.67. The molecule has 16 heavy (non-hydrogen) atoms. The molecule has 0 unspecified atom stereocenters. The highest BCUT2D eigenvalue weighted by molar-refractivity contribution is 7.18. The molecule has 1 aromatic carbocycles. The number of aromatic nitrogens is 1. The van der Waals surface area contributed by atoms with E-state index < -0.39 is 0 Å². The van der Waals surface area contributed by atoms with Crippen molar-refractivity contribution in [3.05, 3.63) is 29.3 Å². The number of benzene rings is 1. The number of carbonyl (C=O) groups excluding carboxylic acids is 1. The number of hydroxylamine groups is 2. The van der Waals surface area contributed by atoms with Crippen LogP contribution in [0.25, 0.3) is 10.2 Å². The van der Waals surface area contributed by atoms with Gasteiger partial charge >= 0.3 is 0 Å². The fourth-order valence-electron chi connectivity index (χ4n) is 1.34. The molecule has 2 rings (SSSR count). The van der Waals surface area contributed by atoms with Gasteiger partial charge in [-0.3, -0.25) is 9.63 Å². The summed E-state index contributed by atoms with van der Waals surface area (Å²) in [6.07, 6.45) is 0.281. The molecular weight excluding hydrogens is 224 g/mol. The number of hydrogen-bond donors (Lipinski definition) is 0. The molecule has 0 aliphatic rings. The van der Waals surface area contributed by atoms with E-state index in [-0.39, 0.29) is 12.3 Å². The van der Waals surface area contributed by atoms with Gasteiger partial charge in [-0.15, -0.1) is 11.3 Å². The fourth-order valence-corrected chi connectivity index (χ4v) is 2.30. The predicted molar refractivity (Wildman–Crippen MR) is 63.1 cm³/mol. The number of hydrogen-bond acceptors (Lipinski definition) is 4. The zero-order valence-electron chi connectivity index (χ0n) is 9.14. The molecule has 0 atom stereocenters. The number of nitrogens with zero attached hydrogens (tertiary/aromatic N) is 2. The van der Waals surface area contributed by atoms with E-state index >= 15 is 0 Å². The molecule has 0 fully saturated rings. The summed E-state index contributed by atoms with van der Waals surface area (Å²) in [7, 11) is 3.06. The van der Waals surface area contributed by atoms with Crippen LogP contribution in [0.2, 0.25) is 0 Å². The Hall–Kier alpha value is -1.46. The zero-order valence-corrected chi connectivity index (χ0v) is 9.95. The maximum Gasteiger partial charge on any atom is 0.252 e. The van der Waals surface area contributed by atoms with E-state index in [4.69, 9.17) is 4.84 Å². The Morgan fingerprint density at radius 1 is 1.50 bits per heavy atom. The topological polar surface area (TPSA) is 42.4 Å². The van der Waals surface area contributed by atoms with Gasteiger partial charge in [0.2, 0.25) is 0 Å². The molecule has 0 aliphatic carbocycles. The summed E-state index contributed by atoms with van der Waals surface area (Å²) in [6.45, 7) is 0. The van der Waals surface area contributed by atoms with Gasteiger partial charge in [-0.05, 0) is 12.1 Å². The van der Waals surface area contributed by atoms with Gasteiger partial charge in [0, 0.05) is 7.05 Å². The highest BCUT2D eigenvalue weighted by Gasteiger charge is 2.12. The number of rotatable bonds is 3. The molecule has 0 N–H and O–H groups in total. The summed E-state index contributed by atoms with van der Waals surface area (Å²) in [6, 6.07) is 7.85. The lowest BCUT2D eigenvalue weighted by atomic mass is 10.3. The molecule has 84 valence electrons. The third-order valence-electron chi connectivity index (χ3n) is 2.27. The summed E-state index contributed by atoms with van der Waals surface area (Å²) in [5.41, 5.74) is 0.940. The van der Waals surface area contributed by atoms with Crippen LogP contribution in [0.5, 0.6) is 0 Å². The minimum absolute atomic E-state index is 0.0958. The van der Waals surface area contributed by atoms with Crippen molar-refractivity contribution in [1.29, 1.82) is 0 Å². The maximum atomic E-state index is 11.6. The van der Waals surface area contributed by atoms with Crippen molar-refractivity contribution in [3.8, 4) is 0 Å². The Bertz CT molecular complexity index is 476. The Morgan fingerprint density at radius 2 is 2.25 bits per heavy atom. The average molecular weight is 236 g/mol. The van der Waals surface area contributed by atoms with E-state index in [1.807, 2.05) is 24.3 Å². The third kappa shape index (κ3) is 2.20. The SMILES string of the molecule is CON(C)C(=O)Cc1nc2ccccc2s1. The average Bonchev–Trinajstić information content (AvgIpc) is 2.69. The zero-order chi connectivity index (χ0) is 11.5. The maximum absolute atomic E-state index is 11.6. The van der Waals surface area contributed by atoms with Gasteiger partial charge in [-0.1, -0.05) is 12.1 Å². The highest BCUT2D eigenvalue weighted by Crippen LogP contribution is 2.21.